The number of benzene rings is 4. The molecule has 0 saturated carbocycles. The summed E-state index contributed by atoms with van der Waals surface area (Å²) in [5.74, 6) is 0.470. The molecule has 5 rings (SSSR count). The van der Waals surface area contributed by atoms with Crippen molar-refractivity contribution >= 4 is 5.97 Å². The molecule has 5 nitrogen and oxygen atoms in total. The first-order valence-electron chi connectivity index (χ1n) is 14.4. The Hall–Kier alpha value is -3.93. The van der Waals surface area contributed by atoms with Gasteiger partial charge in [0.25, 0.3) is 0 Å². The van der Waals surface area contributed by atoms with Gasteiger partial charge in [-0.3, -0.25) is 4.90 Å². The topological polar surface area (TPSA) is 48.0 Å². The predicted octanol–water partition coefficient (Wildman–Crippen LogP) is 6.67. The van der Waals surface area contributed by atoms with Crippen LogP contribution in [0.5, 0.6) is 5.75 Å². The lowest BCUT2D eigenvalue weighted by Crippen LogP contribution is -2.30. The summed E-state index contributed by atoms with van der Waals surface area (Å²) in [6.07, 6.45) is 1.92. The lowest BCUT2D eigenvalue weighted by atomic mass is 9.91. The highest BCUT2D eigenvalue weighted by Gasteiger charge is 2.27. The Morgan fingerprint density at radius 3 is 2.32 bits per heavy atom. The fourth-order valence-electron chi connectivity index (χ4n) is 5.71. The minimum Gasteiger partial charge on any atom is -0.492 e. The van der Waals surface area contributed by atoms with Gasteiger partial charge < -0.3 is 14.2 Å². The SMILES string of the molecule is CCOC(=O)C(Cc1ccc(OCCN(C)C2c3ccccc3CCc3cc(-c4ccccc4)ccc32)cc1)OC. The monoisotopic (exact) mass is 549 g/mol. The van der Waals surface area contributed by atoms with E-state index in [1.807, 2.05) is 24.3 Å². The molecule has 4 aromatic carbocycles. The van der Waals surface area contributed by atoms with E-state index >= 15 is 0 Å². The third-order valence-corrected chi connectivity index (χ3v) is 7.89. The molecule has 0 bridgehead atoms. The molecule has 0 fully saturated rings. The number of hydrogen-bond donors (Lipinski definition) is 0. The molecule has 2 atom stereocenters. The molecule has 212 valence electrons. The number of likely N-dealkylation sites (N-methyl/N-ethyl adjacent to an activating group) is 1. The van der Waals surface area contributed by atoms with Crippen LogP contribution in [0.25, 0.3) is 11.1 Å². The minimum atomic E-state index is -0.607. The van der Waals surface area contributed by atoms with Gasteiger partial charge in [0.2, 0.25) is 0 Å². The van der Waals surface area contributed by atoms with E-state index in [-0.39, 0.29) is 12.0 Å². The molecule has 0 radical (unpaired) electrons. The molecule has 1 aliphatic rings. The van der Waals surface area contributed by atoms with Crippen molar-refractivity contribution in [2.24, 2.45) is 0 Å². The molecule has 1 aliphatic carbocycles. The van der Waals surface area contributed by atoms with Gasteiger partial charge in [0.15, 0.2) is 6.10 Å². The quantitative estimate of drug-likeness (QED) is 0.196. The molecule has 4 aromatic rings. The third kappa shape index (κ3) is 6.87. The second kappa shape index (κ2) is 13.6. The highest BCUT2D eigenvalue weighted by Crippen LogP contribution is 2.37. The zero-order valence-electron chi connectivity index (χ0n) is 24.2. The number of fused-ring (bicyclic) bond motifs is 2. The molecule has 0 heterocycles. The Morgan fingerprint density at radius 1 is 0.854 bits per heavy atom. The lowest BCUT2D eigenvalue weighted by Gasteiger charge is -2.30. The molecule has 0 aromatic heterocycles. The van der Waals surface area contributed by atoms with Crippen LogP contribution < -0.4 is 4.74 Å². The Labute approximate surface area is 243 Å². The normalized spacial score (nSPS) is 15.0. The van der Waals surface area contributed by atoms with Gasteiger partial charge in [0, 0.05) is 20.1 Å². The van der Waals surface area contributed by atoms with Crippen LogP contribution in [0.4, 0.5) is 0 Å². The first-order chi connectivity index (χ1) is 20.1. The maximum absolute atomic E-state index is 12.1. The molecular formula is C36H39NO4. The second-order valence-corrected chi connectivity index (χ2v) is 10.5. The summed E-state index contributed by atoms with van der Waals surface area (Å²) in [4.78, 5) is 14.5. The summed E-state index contributed by atoms with van der Waals surface area (Å²) >= 11 is 0. The van der Waals surface area contributed by atoms with E-state index in [1.165, 1.54) is 40.5 Å². The van der Waals surface area contributed by atoms with Crippen molar-refractivity contribution < 1.29 is 19.0 Å². The predicted molar refractivity (Wildman–Crippen MR) is 163 cm³/mol. The van der Waals surface area contributed by atoms with Crippen molar-refractivity contribution in [2.45, 2.75) is 38.3 Å². The number of esters is 1. The Bertz CT molecular complexity index is 1430. The average Bonchev–Trinajstić information content (AvgIpc) is 3.17. The maximum Gasteiger partial charge on any atom is 0.335 e. The number of carbonyl (C=O) groups excluding carboxylic acids is 1. The zero-order valence-corrected chi connectivity index (χ0v) is 24.2. The first kappa shape index (κ1) is 28.6. The lowest BCUT2D eigenvalue weighted by molar-refractivity contribution is -0.154. The van der Waals surface area contributed by atoms with E-state index in [2.05, 4.69) is 84.7 Å². The summed E-state index contributed by atoms with van der Waals surface area (Å²) in [6, 6.07) is 34.5. The smallest absolute Gasteiger partial charge is 0.335 e. The van der Waals surface area contributed by atoms with Crippen molar-refractivity contribution in [3.8, 4) is 16.9 Å². The Balaban J connectivity index is 1.28. The average molecular weight is 550 g/mol. The number of rotatable bonds is 11. The molecule has 0 saturated heterocycles. The fourth-order valence-corrected chi connectivity index (χ4v) is 5.71. The van der Waals surface area contributed by atoms with Crippen LogP contribution in [-0.2, 0) is 33.5 Å². The van der Waals surface area contributed by atoms with Crippen LogP contribution in [0.15, 0.2) is 97.1 Å². The fraction of sp³-hybridized carbons (Fsp3) is 0.306. The molecule has 0 aliphatic heterocycles. The number of carbonyl (C=O) groups is 1. The number of aryl methyl sites for hydroxylation is 2. The second-order valence-electron chi connectivity index (χ2n) is 10.5. The summed E-state index contributed by atoms with van der Waals surface area (Å²) < 4.78 is 16.6. The molecule has 41 heavy (non-hydrogen) atoms. The largest absolute Gasteiger partial charge is 0.492 e. The van der Waals surface area contributed by atoms with Crippen LogP contribution >= 0.6 is 0 Å². The van der Waals surface area contributed by atoms with Crippen molar-refractivity contribution in [2.75, 3.05) is 33.9 Å². The highest BCUT2D eigenvalue weighted by atomic mass is 16.6. The van der Waals surface area contributed by atoms with Crippen LogP contribution in [0.2, 0.25) is 0 Å². The molecule has 0 spiro atoms. The summed E-state index contributed by atoms with van der Waals surface area (Å²) in [7, 11) is 3.72. The van der Waals surface area contributed by atoms with Crippen LogP contribution in [0, 0.1) is 0 Å². The van der Waals surface area contributed by atoms with Crippen LogP contribution in [0.1, 0.15) is 40.8 Å². The Morgan fingerprint density at radius 2 is 1.56 bits per heavy atom. The summed E-state index contributed by atoms with van der Waals surface area (Å²) in [5, 5.41) is 0. The molecule has 5 heteroatoms. The van der Waals surface area contributed by atoms with Gasteiger partial charge in [0.05, 0.1) is 12.6 Å². The van der Waals surface area contributed by atoms with Crippen molar-refractivity contribution in [1.29, 1.82) is 0 Å². The molecule has 0 amide bonds. The molecule has 2 unspecified atom stereocenters. The minimum absolute atomic E-state index is 0.161. The number of nitrogens with zero attached hydrogens (tertiary/aromatic N) is 1. The van der Waals surface area contributed by atoms with Gasteiger partial charge in [-0.05, 0) is 77.9 Å². The van der Waals surface area contributed by atoms with Gasteiger partial charge in [-0.2, -0.15) is 0 Å². The van der Waals surface area contributed by atoms with Gasteiger partial charge in [-0.15, -0.1) is 0 Å². The summed E-state index contributed by atoms with van der Waals surface area (Å²) in [5.41, 5.74) is 9.08. The van der Waals surface area contributed by atoms with Gasteiger partial charge >= 0.3 is 5.97 Å². The van der Waals surface area contributed by atoms with E-state index in [4.69, 9.17) is 14.2 Å². The summed E-state index contributed by atoms with van der Waals surface area (Å²) in [6.45, 7) is 3.47. The van der Waals surface area contributed by atoms with E-state index in [0.717, 1.165) is 30.7 Å². The van der Waals surface area contributed by atoms with Gasteiger partial charge in [-0.25, -0.2) is 4.79 Å². The Kier molecular flexibility index (Phi) is 9.50. The van der Waals surface area contributed by atoms with E-state index in [9.17, 15) is 4.79 Å². The van der Waals surface area contributed by atoms with Gasteiger partial charge in [0.1, 0.15) is 12.4 Å². The maximum atomic E-state index is 12.1. The van der Waals surface area contributed by atoms with Gasteiger partial charge in [-0.1, -0.05) is 84.9 Å². The van der Waals surface area contributed by atoms with E-state index in [0.29, 0.717) is 19.6 Å². The van der Waals surface area contributed by atoms with Crippen LogP contribution in [0.3, 0.4) is 0 Å². The number of hydrogen-bond acceptors (Lipinski definition) is 5. The van der Waals surface area contributed by atoms with Crippen molar-refractivity contribution in [3.05, 3.63) is 125 Å². The highest BCUT2D eigenvalue weighted by molar-refractivity contribution is 5.75. The van der Waals surface area contributed by atoms with E-state index in [1.54, 1.807) is 6.92 Å². The third-order valence-electron chi connectivity index (χ3n) is 7.89. The first-order valence-corrected chi connectivity index (χ1v) is 14.4. The number of methoxy groups -OCH3 is 1. The van der Waals surface area contributed by atoms with E-state index < -0.39 is 6.10 Å². The zero-order chi connectivity index (χ0) is 28.6. The number of ether oxygens (including phenoxy) is 3. The van der Waals surface area contributed by atoms with Crippen molar-refractivity contribution in [1.82, 2.24) is 4.90 Å². The van der Waals surface area contributed by atoms with Crippen molar-refractivity contribution in [3.63, 3.8) is 0 Å². The molecule has 0 N–H and O–H groups in total. The standard InChI is InChI=1S/C36H39NO4/c1-4-40-36(38)34(39-3)24-26-14-19-31(20-15-26)41-23-22-37(2)35-32-13-9-8-12-28(32)16-17-30-25-29(18-21-33(30)35)27-10-6-5-7-11-27/h5-15,18-21,25,34-35H,4,16-17,22-24H2,1-3H3. The molecular weight excluding hydrogens is 510 g/mol. The van der Waals surface area contributed by atoms with Crippen LogP contribution in [-0.4, -0.2) is 50.9 Å².